The normalized spacial score (nSPS) is 11.3. The molecule has 2 aromatic rings. The van der Waals surface area contributed by atoms with Crippen LogP contribution in [0.25, 0.3) is 10.8 Å². The van der Waals surface area contributed by atoms with Crippen LogP contribution < -0.4 is 10.7 Å². The predicted molar refractivity (Wildman–Crippen MR) is 88.5 cm³/mol. The zero-order valence-electron chi connectivity index (χ0n) is 13.2. The molecule has 0 fully saturated rings. The molecule has 1 amide bonds. The molecule has 0 unspecified atom stereocenters. The third kappa shape index (κ3) is 3.38. The van der Waals surface area contributed by atoms with Gasteiger partial charge in [-0.15, -0.1) is 0 Å². The minimum atomic E-state index is -4.27. The van der Waals surface area contributed by atoms with E-state index in [-0.39, 0.29) is 11.4 Å². The van der Waals surface area contributed by atoms with Crippen molar-refractivity contribution in [3.8, 4) is 0 Å². The molecule has 0 radical (unpaired) electrons. The van der Waals surface area contributed by atoms with Crippen molar-refractivity contribution in [3.05, 3.63) is 36.4 Å². The van der Waals surface area contributed by atoms with Crippen LogP contribution in [0.4, 0.5) is 10.5 Å². The van der Waals surface area contributed by atoms with Crippen molar-refractivity contribution in [2.24, 2.45) is 5.84 Å². The molecule has 0 heterocycles. The van der Waals surface area contributed by atoms with Gasteiger partial charge in [-0.05, 0) is 19.1 Å². The molecule has 8 heteroatoms. The first kappa shape index (κ1) is 17.0. The van der Waals surface area contributed by atoms with Crippen LogP contribution >= 0.6 is 0 Å². The van der Waals surface area contributed by atoms with E-state index in [9.17, 15) is 13.2 Å². The molecule has 0 bridgehead atoms. The zero-order valence-corrected chi connectivity index (χ0v) is 14.0. The highest BCUT2D eigenvalue weighted by atomic mass is 32.2. The number of fused-ring (bicyclic) bond motifs is 1. The van der Waals surface area contributed by atoms with Gasteiger partial charge in [0.2, 0.25) is 0 Å². The average Bonchev–Trinajstić information content (AvgIpc) is 2.52. The molecule has 2 aromatic carbocycles. The van der Waals surface area contributed by atoms with E-state index >= 15 is 0 Å². The summed E-state index contributed by atoms with van der Waals surface area (Å²) < 4.78 is 29.4. The number of nitrogens with two attached hydrogens (primary N) is 1. The van der Waals surface area contributed by atoms with Crippen molar-refractivity contribution in [1.29, 1.82) is 0 Å². The number of carbonyl (C=O) groups excluding carboxylic acids is 1. The van der Waals surface area contributed by atoms with E-state index < -0.39 is 16.2 Å². The van der Waals surface area contributed by atoms with Gasteiger partial charge in [0.1, 0.15) is 4.90 Å². The number of hydrogen-bond donors (Lipinski definition) is 1. The van der Waals surface area contributed by atoms with Gasteiger partial charge in [-0.1, -0.05) is 24.3 Å². The fraction of sp³-hybridized carbons (Fsp3) is 0.267. The highest BCUT2D eigenvalue weighted by Crippen LogP contribution is 2.31. The second kappa shape index (κ2) is 6.43. The van der Waals surface area contributed by atoms with Crippen LogP contribution in [0.15, 0.2) is 41.3 Å². The minimum absolute atomic E-state index is 0.0726. The smallest absolute Gasteiger partial charge is 0.377 e. The van der Waals surface area contributed by atoms with Crippen LogP contribution in [-0.4, -0.2) is 40.2 Å². The summed E-state index contributed by atoms with van der Waals surface area (Å²) in [5.41, 5.74) is 0.861. The Hall–Kier alpha value is -2.32. The molecule has 2 rings (SSSR count). The van der Waals surface area contributed by atoms with E-state index in [2.05, 4.69) is 4.18 Å². The van der Waals surface area contributed by atoms with Gasteiger partial charge in [0.05, 0.1) is 0 Å². The molecular formula is C15H19N3O4S. The molecule has 0 saturated carbocycles. The predicted octanol–water partition coefficient (Wildman–Crippen LogP) is 1.93. The summed E-state index contributed by atoms with van der Waals surface area (Å²) in [5.74, 6) is 5.37. The van der Waals surface area contributed by atoms with Gasteiger partial charge >= 0.3 is 16.2 Å². The molecule has 23 heavy (non-hydrogen) atoms. The molecule has 124 valence electrons. The SMILES string of the molecule is CCN(N)C(=O)OS(=O)(=O)c1cccc2c(N(C)C)cccc12. The lowest BCUT2D eigenvalue weighted by Gasteiger charge is -2.17. The number of rotatable bonds is 4. The zero-order chi connectivity index (χ0) is 17.2. The highest BCUT2D eigenvalue weighted by Gasteiger charge is 2.25. The molecular weight excluding hydrogens is 318 g/mol. The molecule has 0 aromatic heterocycles. The van der Waals surface area contributed by atoms with Crippen molar-refractivity contribution < 1.29 is 17.4 Å². The summed E-state index contributed by atoms with van der Waals surface area (Å²) in [6.45, 7) is 1.74. The second-order valence-electron chi connectivity index (χ2n) is 5.11. The van der Waals surface area contributed by atoms with Gasteiger partial charge in [0.15, 0.2) is 0 Å². The first-order valence-corrected chi connectivity index (χ1v) is 8.38. The van der Waals surface area contributed by atoms with E-state index in [1.165, 1.54) is 6.07 Å². The van der Waals surface area contributed by atoms with E-state index in [4.69, 9.17) is 5.84 Å². The summed E-state index contributed by atoms with van der Waals surface area (Å²) in [7, 11) is -0.544. The topological polar surface area (TPSA) is 92.9 Å². The number of carbonyl (C=O) groups is 1. The number of benzene rings is 2. The van der Waals surface area contributed by atoms with Crippen LogP contribution in [0, 0.1) is 0 Å². The van der Waals surface area contributed by atoms with Crippen LogP contribution in [0.5, 0.6) is 0 Å². The van der Waals surface area contributed by atoms with Crippen LogP contribution in [0.2, 0.25) is 0 Å². The molecule has 0 saturated heterocycles. The Bertz CT molecular complexity index is 834. The van der Waals surface area contributed by atoms with Crippen LogP contribution in [-0.2, 0) is 14.3 Å². The number of anilines is 1. The number of amides is 1. The molecule has 2 N–H and O–H groups in total. The molecule has 0 aliphatic carbocycles. The van der Waals surface area contributed by atoms with Crippen LogP contribution in [0.3, 0.4) is 0 Å². The van der Waals surface area contributed by atoms with Crippen molar-refractivity contribution in [2.75, 3.05) is 25.5 Å². The van der Waals surface area contributed by atoms with Gasteiger partial charge in [-0.3, -0.25) is 0 Å². The monoisotopic (exact) mass is 337 g/mol. The quantitative estimate of drug-likeness (QED) is 0.396. The fourth-order valence-corrected chi connectivity index (χ4v) is 3.25. The summed E-state index contributed by atoms with van der Waals surface area (Å²) in [5, 5.41) is 1.91. The summed E-state index contributed by atoms with van der Waals surface area (Å²) in [6, 6.07) is 10.1. The second-order valence-corrected chi connectivity index (χ2v) is 6.63. The minimum Gasteiger partial charge on any atom is -0.377 e. The van der Waals surface area contributed by atoms with Crippen molar-refractivity contribution in [3.63, 3.8) is 0 Å². The fourth-order valence-electron chi connectivity index (χ4n) is 2.19. The lowest BCUT2D eigenvalue weighted by atomic mass is 10.1. The number of nitrogens with zero attached hydrogens (tertiary/aromatic N) is 2. The highest BCUT2D eigenvalue weighted by molar-refractivity contribution is 7.87. The van der Waals surface area contributed by atoms with Crippen molar-refractivity contribution >= 4 is 32.7 Å². The standard InChI is InChI=1S/C15H19N3O4S/c1-4-18(16)15(19)22-23(20,21)14-10-6-7-11-12(14)8-5-9-13(11)17(2)3/h5-10H,4,16H2,1-3H3. The molecule has 0 spiro atoms. The van der Waals surface area contributed by atoms with Crippen molar-refractivity contribution in [2.45, 2.75) is 11.8 Å². The maximum atomic E-state index is 12.4. The molecule has 0 aliphatic heterocycles. The van der Waals surface area contributed by atoms with E-state index in [1.54, 1.807) is 25.1 Å². The lowest BCUT2D eigenvalue weighted by molar-refractivity contribution is 0.158. The Morgan fingerprint density at radius 1 is 1.13 bits per heavy atom. The maximum Gasteiger partial charge on any atom is 0.439 e. The van der Waals surface area contributed by atoms with Crippen molar-refractivity contribution in [1.82, 2.24) is 5.01 Å². The Morgan fingerprint density at radius 3 is 2.35 bits per heavy atom. The van der Waals surface area contributed by atoms with Gasteiger partial charge in [0.25, 0.3) is 0 Å². The van der Waals surface area contributed by atoms with Crippen LogP contribution in [0.1, 0.15) is 6.92 Å². The van der Waals surface area contributed by atoms with E-state index in [0.29, 0.717) is 10.4 Å². The van der Waals surface area contributed by atoms with Gasteiger partial charge in [0, 0.05) is 37.1 Å². The maximum absolute atomic E-state index is 12.4. The largest absolute Gasteiger partial charge is 0.439 e. The van der Waals surface area contributed by atoms with Gasteiger partial charge in [-0.2, -0.15) is 8.42 Å². The Labute approximate surface area is 135 Å². The molecule has 0 atom stereocenters. The summed E-state index contributed by atoms with van der Waals surface area (Å²) in [4.78, 5) is 13.5. The Kier molecular flexibility index (Phi) is 4.76. The molecule has 7 nitrogen and oxygen atoms in total. The number of hydrogen-bond acceptors (Lipinski definition) is 6. The Morgan fingerprint density at radius 2 is 1.74 bits per heavy atom. The average molecular weight is 337 g/mol. The number of hydrazine groups is 1. The summed E-state index contributed by atoms with van der Waals surface area (Å²) in [6.07, 6.45) is -1.12. The summed E-state index contributed by atoms with van der Waals surface area (Å²) >= 11 is 0. The lowest BCUT2D eigenvalue weighted by Crippen LogP contribution is -2.38. The van der Waals surface area contributed by atoms with E-state index in [0.717, 1.165) is 11.1 Å². The third-order valence-corrected chi connectivity index (χ3v) is 4.62. The first-order valence-electron chi connectivity index (χ1n) is 6.97. The third-order valence-electron chi connectivity index (χ3n) is 3.37. The van der Waals surface area contributed by atoms with E-state index in [1.807, 2.05) is 31.1 Å². The van der Waals surface area contributed by atoms with Gasteiger partial charge < -0.3 is 9.08 Å². The molecule has 0 aliphatic rings. The Balaban J connectivity index is 2.55. The first-order chi connectivity index (χ1) is 10.8. The van der Waals surface area contributed by atoms with Gasteiger partial charge in [-0.25, -0.2) is 15.6 Å².